The first-order chi connectivity index (χ1) is 9.79. The molecular formula is C14H24N4O3. The second-order valence-electron chi connectivity index (χ2n) is 5.65. The predicted molar refractivity (Wildman–Crippen MR) is 80.0 cm³/mol. The molecule has 0 fully saturated rings. The number of aromatic nitrogens is 1. The Hall–Kier alpha value is -2.05. The van der Waals surface area contributed by atoms with Crippen molar-refractivity contribution in [1.29, 1.82) is 0 Å². The molecule has 0 radical (unpaired) electrons. The number of rotatable bonds is 6. The maximum absolute atomic E-state index is 12.1. The zero-order chi connectivity index (χ0) is 16.0. The van der Waals surface area contributed by atoms with Crippen molar-refractivity contribution in [2.24, 2.45) is 5.92 Å². The van der Waals surface area contributed by atoms with E-state index in [0.717, 1.165) is 6.42 Å². The Morgan fingerprint density at radius 1 is 1.38 bits per heavy atom. The van der Waals surface area contributed by atoms with Gasteiger partial charge in [0, 0.05) is 26.7 Å². The van der Waals surface area contributed by atoms with Crippen molar-refractivity contribution >= 4 is 17.8 Å². The fourth-order valence-electron chi connectivity index (χ4n) is 1.72. The summed E-state index contributed by atoms with van der Waals surface area (Å²) in [6, 6.07) is 1.45. The van der Waals surface area contributed by atoms with Crippen LogP contribution in [0.25, 0.3) is 0 Å². The molecule has 1 N–H and O–H groups in total. The normalized spacial score (nSPS) is 10.6. The number of nitrogens with one attached hydrogen (secondary N) is 1. The van der Waals surface area contributed by atoms with Crippen molar-refractivity contribution in [2.45, 2.75) is 27.2 Å². The van der Waals surface area contributed by atoms with Crippen molar-refractivity contribution < 1.29 is 14.1 Å². The van der Waals surface area contributed by atoms with E-state index in [9.17, 15) is 9.59 Å². The Kier molecular flexibility index (Phi) is 6.20. The lowest BCUT2D eigenvalue weighted by Gasteiger charge is -2.26. The van der Waals surface area contributed by atoms with Gasteiger partial charge in [0.05, 0.1) is 0 Å². The van der Waals surface area contributed by atoms with Crippen LogP contribution in [0.3, 0.4) is 0 Å². The molecule has 118 valence electrons. The third kappa shape index (κ3) is 5.85. The topological polar surface area (TPSA) is 78.7 Å². The first kappa shape index (κ1) is 17.0. The maximum Gasteiger partial charge on any atom is 0.319 e. The van der Waals surface area contributed by atoms with Crippen molar-refractivity contribution in [3.63, 3.8) is 0 Å². The van der Waals surface area contributed by atoms with Crippen LogP contribution in [0, 0.1) is 12.8 Å². The fourth-order valence-corrected chi connectivity index (χ4v) is 1.72. The summed E-state index contributed by atoms with van der Waals surface area (Å²) in [5, 5.41) is 6.31. The van der Waals surface area contributed by atoms with E-state index in [-0.39, 0.29) is 18.5 Å². The van der Waals surface area contributed by atoms with Gasteiger partial charge >= 0.3 is 6.03 Å². The molecule has 0 saturated carbocycles. The molecule has 1 heterocycles. The molecule has 1 rings (SSSR count). The summed E-state index contributed by atoms with van der Waals surface area (Å²) in [7, 11) is 3.34. The van der Waals surface area contributed by atoms with Crippen molar-refractivity contribution in [1.82, 2.24) is 15.0 Å². The first-order valence-electron chi connectivity index (χ1n) is 6.99. The molecule has 0 atom stereocenters. The second kappa shape index (κ2) is 7.66. The van der Waals surface area contributed by atoms with Gasteiger partial charge in [-0.2, -0.15) is 0 Å². The summed E-state index contributed by atoms with van der Waals surface area (Å²) >= 11 is 0. The molecule has 1 aromatic rings. The SMILES string of the molecule is Cc1cc(NC(=O)CN(CCC(C)C)C(=O)N(C)C)no1. The van der Waals surface area contributed by atoms with Gasteiger partial charge in [0.15, 0.2) is 5.82 Å². The molecule has 0 saturated heterocycles. The van der Waals surface area contributed by atoms with E-state index in [4.69, 9.17) is 4.52 Å². The molecule has 0 aromatic carbocycles. The number of carbonyl (C=O) groups excluding carboxylic acids is 2. The average molecular weight is 296 g/mol. The monoisotopic (exact) mass is 296 g/mol. The van der Waals surface area contributed by atoms with E-state index in [1.165, 1.54) is 9.80 Å². The number of carbonyl (C=O) groups is 2. The number of aryl methyl sites for hydroxylation is 1. The second-order valence-corrected chi connectivity index (χ2v) is 5.65. The van der Waals surface area contributed by atoms with Crippen LogP contribution in [0.4, 0.5) is 10.6 Å². The van der Waals surface area contributed by atoms with Crippen LogP contribution in [-0.4, -0.2) is 54.1 Å². The third-order valence-corrected chi connectivity index (χ3v) is 2.86. The summed E-state index contributed by atoms with van der Waals surface area (Å²) in [6.45, 7) is 6.44. The summed E-state index contributed by atoms with van der Waals surface area (Å²) < 4.78 is 4.88. The number of hydrogen-bond acceptors (Lipinski definition) is 4. The molecule has 0 bridgehead atoms. The minimum atomic E-state index is -0.290. The fraction of sp³-hybridized carbons (Fsp3) is 0.643. The minimum Gasteiger partial charge on any atom is -0.360 e. The standard InChI is InChI=1S/C14H24N4O3/c1-10(2)6-7-18(14(20)17(4)5)9-13(19)15-12-8-11(3)21-16-12/h8,10H,6-7,9H2,1-5H3,(H,15,16,19). The maximum atomic E-state index is 12.1. The highest BCUT2D eigenvalue weighted by atomic mass is 16.5. The largest absolute Gasteiger partial charge is 0.360 e. The molecule has 0 spiro atoms. The Morgan fingerprint density at radius 3 is 2.52 bits per heavy atom. The van der Waals surface area contributed by atoms with Crippen molar-refractivity contribution in [2.75, 3.05) is 32.5 Å². The van der Waals surface area contributed by atoms with Gasteiger partial charge in [-0.05, 0) is 19.3 Å². The van der Waals surface area contributed by atoms with E-state index in [1.807, 2.05) is 0 Å². The zero-order valence-corrected chi connectivity index (χ0v) is 13.3. The minimum absolute atomic E-state index is 0.00432. The molecule has 3 amide bonds. The third-order valence-electron chi connectivity index (χ3n) is 2.86. The van der Waals surface area contributed by atoms with Gasteiger partial charge in [0.2, 0.25) is 5.91 Å². The van der Waals surface area contributed by atoms with Crippen LogP contribution in [0.2, 0.25) is 0 Å². The van der Waals surface area contributed by atoms with Gasteiger partial charge in [0.1, 0.15) is 12.3 Å². The van der Waals surface area contributed by atoms with Gasteiger partial charge < -0.3 is 19.6 Å². The van der Waals surface area contributed by atoms with Gasteiger partial charge in [-0.25, -0.2) is 4.79 Å². The van der Waals surface area contributed by atoms with Crippen molar-refractivity contribution in [3.8, 4) is 0 Å². The van der Waals surface area contributed by atoms with E-state index >= 15 is 0 Å². The van der Waals surface area contributed by atoms with Crippen LogP contribution >= 0.6 is 0 Å². The van der Waals surface area contributed by atoms with Gasteiger partial charge in [-0.15, -0.1) is 0 Å². The number of nitrogens with zero attached hydrogens (tertiary/aromatic N) is 3. The first-order valence-corrected chi connectivity index (χ1v) is 6.99. The van der Waals surface area contributed by atoms with Crippen LogP contribution in [0.5, 0.6) is 0 Å². The predicted octanol–water partition coefficient (Wildman–Crippen LogP) is 1.95. The molecular weight excluding hydrogens is 272 g/mol. The lowest BCUT2D eigenvalue weighted by Crippen LogP contribution is -2.44. The molecule has 7 nitrogen and oxygen atoms in total. The Morgan fingerprint density at radius 2 is 2.05 bits per heavy atom. The quantitative estimate of drug-likeness (QED) is 0.870. The molecule has 1 aromatic heterocycles. The van der Waals surface area contributed by atoms with Crippen LogP contribution < -0.4 is 5.32 Å². The zero-order valence-electron chi connectivity index (χ0n) is 13.3. The van der Waals surface area contributed by atoms with Gasteiger partial charge in [-0.3, -0.25) is 4.79 Å². The van der Waals surface area contributed by atoms with E-state index < -0.39 is 0 Å². The molecule has 0 unspecified atom stereocenters. The average Bonchev–Trinajstić information content (AvgIpc) is 2.78. The van der Waals surface area contributed by atoms with Crippen molar-refractivity contribution in [3.05, 3.63) is 11.8 Å². The Labute approximate surface area is 125 Å². The van der Waals surface area contributed by atoms with Gasteiger partial charge in [0.25, 0.3) is 0 Å². The number of urea groups is 1. The molecule has 7 heteroatoms. The van der Waals surface area contributed by atoms with Crippen LogP contribution in [-0.2, 0) is 4.79 Å². The summed E-state index contributed by atoms with van der Waals surface area (Å²) in [6.07, 6.45) is 0.843. The highest BCUT2D eigenvalue weighted by molar-refractivity contribution is 5.93. The van der Waals surface area contributed by atoms with E-state index in [1.54, 1.807) is 27.1 Å². The number of anilines is 1. The van der Waals surface area contributed by atoms with E-state index in [0.29, 0.717) is 24.0 Å². The van der Waals surface area contributed by atoms with Gasteiger partial charge in [-0.1, -0.05) is 19.0 Å². The highest BCUT2D eigenvalue weighted by Crippen LogP contribution is 2.08. The molecule has 21 heavy (non-hydrogen) atoms. The Balaban J connectivity index is 2.61. The number of amides is 3. The molecule has 0 aliphatic heterocycles. The smallest absolute Gasteiger partial charge is 0.319 e. The lowest BCUT2D eigenvalue weighted by atomic mass is 10.1. The molecule has 0 aliphatic rings. The summed E-state index contributed by atoms with van der Waals surface area (Å²) in [4.78, 5) is 27.1. The number of hydrogen-bond donors (Lipinski definition) is 1. The Bertz CT molecular complexity index is 482. The van der Waals surface area contributed by atoms with Crippen LogP contribution in [0.1, 0.15) is 26.0 Å². The summed E-state index contributed by atoms with van der Waals surface area (Å²) in [5.74, 6) is 1.15. The van der Waals surface area contributed by atoms with E-state index in [2.05, 4.69) is 24.3 Å². The summed E-state index contributed by atoms with van der Waals surface area (Å²) in [5.41, 5.74) is 0. The molecule has 0 aliphatic carbocycles. The lowest BCUT2D eigenvalue weighted by molar-refractivity contribution is -0.116. The van der Waals surface area contributed by atoms with Crippen LogP contribution in [0.15, 0.2) is 10.6 Å². The highest BCUT2D eigenvalue weighted by Gasteiger charge is 2.19.